The Labute approximate surface area is 77.8 Å². The summed E-state index contributed by atoms with van der Waals surface area (Å²) in [7, 11) is 0. The van der Waals surface area contributed by atoms with Crippen LogP contribution in [0, 0.1) is 0 Å². The molecule has 1 aliphatic heterocycles. The Hall–Kier alpha value is -0.200. The minimum absolute atomic E-state index is 0.0935. The van der Waals surface area contributed by atoms with Crippen LogP contribution in [0.1, 0.15) is 12.8 Å². The van der Waals surface area contributed by atoms with E-state index >= 15 is 0 Å². The molecule has 5 N–H and O–H groups in total. The zero-order valence-corrected chi connectivity index (χ0v) is 7.63. The summed E-state index contributed by atoms with van der Waals surface area (Å²) in [6, 6.07) is 0.0935. The van der Waals surface area contributed by atoms with Crippen molar-refractivity contribution in [3.05, 3.63) is 0 Å². The normalized spacial score (nSPS) is 29.1. The molecule has 1 aliphatic rings. The molecule has 0 bridgehead atoms. The predicted octanol–water partition coefficient (Wildman–Crippen LogP) is -1.92. The van der Waals surface area contributed by atoms with E-state index in [0.717, 1.165) is 6.42 Å². The van der Waals surface area contributed by atoms with Crippen molar-refractivity contribution < 1.29 is 15.3 Å². The zero-order valence-electron chi connectivity index (χ0n) is 7.63. The first-order chi connectivity index (χ1) is 6.15. The van der Waals surface area contributed by atoms with Gasteiger partial charge in [0.1, 0.15) is 6.23 Å². The number of hydrogen-bond donors (Lipinski definition) is 4. The third-order valence-corrected chi connectivity index (χ3v) is 2.40. The molecule has 3 unspecified atom stereocenters. The van der Waals surface area contributed by atoms with Gasteiger partial charge < -0.3 is 21.1 Å². The first kappa shape index (κ1) is 10.9. The molecule has 0 amide bonds. The van der Waals surface area contributed by atoms with Crippen LogP contribution in [0.15, 0.2) is 0 Å². The summed E-state index contributed by atoms with van der Waals surface area (Å²) in [4.78, 5) is 1.74. The first-order valence-corrected chi connectivity index (χ1v) is 4.61. The van der Waals surface area contributed by atoms with Crippen LogP contribution in [-0.4, -0.2) is 58.3 Å². The number of likely N-dealkylation sites (tertiary alicyclic amines) is 1. The van der Waals surface area contributed by atoms with Crippen molar-refractivity contribution >= 4 is 0 Å². The molecule has 5 heteroatoms. The minimum atomic E-state index is -0.888. The maximum Gasteiger partial charge on any atom is 0.133 e. The van der Waals surface area contributed by atoms with Crippen LogP contribution >= 0.6 is 0 Å². The van der Waals surface area contributed by atoms with Crippen molar-refractivity contribution in [2.24, 2.45) is 5.73 Å². The molecule has 5 nitrogen and oxygen atoms in total. The Morgan fingerprint density at radius 1 is 1.46 bits per heavy atom. The number of nitrogens with zero attached hydrogens (tertiary/aromatic N) is 1. The number of nitrogens with two attached hydrogens (primary N) is 1. The van der Waals surface area contributed by atoms with E-state index in [1.165, 1.54) is 0 Å². The third kappa shape index (κ3) is 2.89. The van der Waals surface area contributed by atoms with Crippen LogP contribution in [0.25, 0.3) is 0 Å². The molecule has 13 heavy (non-hydrogen) atoms. The van der Waals surface area contributed by atoms with E-state index in [2.05, 4.69) is 0 Å². The highest BCUT2D eigenvalue weighted by Gasteiger charge is 2.28. The van der Waals surface area contributed by atoms with Crippen molar-refractivity contribution in [2.75, 3.05) is 19.7 Å². The topological polar surface area (TPSA) is 90.0 Å². The molecular weight excluding hydrogens is 172 g/mol. The molecule has 0 aliphatic carbocycles. The maximum absolute atomic E-state index is 9.58. The molecule has 0 aromatic rings. The van der Waals surface area contributed by atoms with Gasteiger partial charge >= 0.3 is 0 Å². The standard InChI is InChI=1S/C8H18N2O3/c9-6-1-3-10(5-6)8(13)7(12)2-4-11/h6-8,11-13H,1-5,9H2. The Bertz CT molecular complexity index is 156. The van der Waals surface area contributed by atoms with E-state index < -0.39 is 12.3 Å². The second-order valence-corrected chi connectivity index (χ2v) is 3.54. The van der Waals surface area contributed by atoms with Gasteiger partial charge in [0.05, 0.1) is 6.10 Å². The van der Waals surface area contributed by atoms with Crippen molar-refractivity contribution in [2.45, 2.75) is 31.2 Å². The van der Waals surface area contributed by atoms with E-state index in [1.54, 1.807) is 4.90 Å². The molecular formula is C8H18N2O3. The summed E-state index contributed by atoms with van der Waals surface area (Å²) < 4.78 is 0. The fraction of sp³-hybridized carbons (Fsp3) is 1.00. The Balaban J connectivity index is 2.33. The second kappa shape index (κ2) is 4.88. The lowest BCUT2D eigenvalue weighted by molar-refractivity contribution is -0.0806. The Morgan fingerprint density at radius 3 is 2.62 bits per heavy atom. The van der Waals surface area contributed by atoms with E-state index in [1.807, 2.05) is 0 Å². The monoisotopic (exact) mass is 190 g/mol. The van der Waals surface area contributed by atoms with Gasteiger partial charge in [-0.15, -0.1) is 0 Å². The van der Waals surface area contributed by atoms with Crippen LogP contribution in [-0.2, 0) is 0 Å². The van der Waals surface area contributed by atoms with Gasteiger partial charge in [0.2, 0.25) is 0 Å². The molecule has 0 radical (unpaired) electrons. The maximum atomic E-state index is 9.58. The van der Waals surface area contributed by atoms with Crippen LogP contribution in [0.4, 0.5) is 0 Å². The molecule has 0 spiro atoms. The van der Waals surface area contributed by atoms with Crippen molar-refractivity contribution in [1.29, 1.82) is 0 Å². The molecule has 1 heterocycles. The lowest BCUT2D eigenvalue weighted by Gasteiger charge is -2.26. The van der Waals surface area contributed by atoms with Crippen LogP contribution in [0.5, 0.6) is 0 Å². The quantitative estimate of drug-likeness (QED) is 0.415. The molecule has 1 saturated heterocycles. The minimum Gasteiger partial charge on any atom is -0.396 e. The number of rotatable bonds is 4. The molecule has 1 rings (SSSR count). The lowest BCUT2D eigenvalue weighted by Crippen LogP contribution is -2.43. The van der Waals surface area contributed by atoms with Gasteiger partial charge in [-0.05, 0) is 6.42 Å². The summed E-state index contributed by atoms with van der Waals surface area (Å²) in [5.41, 5.74) is 5.65. The molecule has 3 atom stereocenters. The summed E-state index contributed by atoms with van der Waals surface area (Å²) in [5.74, 6) is 0. The highest BCUT2D eigenvalue weighted by atomic mass is 16.3. The highest BCUT2D eigenvalue weighted by molar-refractivity contribution is 4.81. The summed E-state index contributed by atoms with van der Waals surface area (Å²) in [6.07, 6.45) is -0.716. The van der Waals surface area contributed by atoms with Gasteiger partial charge in [0.25, 0.3) is 0 Å². The Morgan fingerprint density at radius 2 is 2.15 bits per heavy atom. The van der Waals surface area contributed by atoms with Gasteiger partial charge in [0.15, 0.2) is 0 Å². The van der Waals surface area contributed by atoms with Crippen LogP contribution in [0.2, 0.25) is 0 Å². The van der Waals surface area contributed by atoms with Crippen molar-refractivity contribution in [3.8, 4) is 0 Å². The van der Waals surface area contributed by atoms with E-state index in [9.17, 15) is 10.2 Å². The third-order valence-electron chi connectivity index (χ3n) is 2.40. The largest absolute Gasteiger partial charge is 0.396 e. The number of aliphatic hydroxyl groups is 3. The van der Waals surface area contributed by atoms with Gasteiger partial charge in [-0.3, -0.25) is 4.90 Å². The zero-order chi connectivity index (χ0) is 9.84. The van der Waals surface area contributed by atoms with E-state index in [0.29, 0.717) is 13.1 Å². The molecule has 0 aromatic carbocycles. The van der Waals surface area contributed by atoms with Gasteiger partial charge in [-0.2, -0.15) is 0 Å². The summed E-state index contributed by atoms with van der Waals surface area (Å²) in [5, 5.41) is 27.5. The lowest BCUT2D eigenvalue weighted by atomic mass is 10.2. The Kier molecular flexibility index (Phi) is 4.08. The SMILES string of the molecule is NC1CCN(C(O)C(O)CCO)C1. The number of aliphatic hydroxyl groups excluding tert-OH is 3. The average Bonchev–Trinajstić information content (AvgIpc) is 2.51. The average molecular weight is 190 g/mol. The highest BCUT2D eigenvalue weighted by Crippen LogP contribution is 2.13. The predicted molar refractivity (Wildman–Crippen MR) is 47.9 cm³/mol. The van der Waals surface area contributed by atoms with Gasteiger partial charge in [-0.25, -0.2) is 0 Å². The van der Waals surface area contributed by atoms with Gasteiger partial charge in [-0.1, -0.05) is 0 Å². The van der Waals surface area contributed by atoms with Gasteiger partial charge in [0, 0.05) is 32.2 Å². The molecule has 0 saturated carbocycles. The van der Waals surface area contributed by atoms with Crippen LogP contribution < -0.4 is 5.73 Å². The van der Waals surface area contributed by atoms with E-state index in [-0.39, 0.29) is 19.1 Å². The van der Waals surface area contributed by atoms with Crippen LogP contribution in [0.3, 0.4) is 0 Å². The smallest absolute Gasteiger partial charge is 0.133 e. The van der Waals surface area contributed by atoms with Crippen molar-refractivity contribution in [1.82, 2.24) is 4.90 Å². The summed E-state index contributed by atoms with van der Waals surface area (Å²) >= 11 is 0. The fourth-order valence-corrected chi connectivity index (χ4v) is 1.58. The molecule has 0 aromatic heterocycles. The summed E-state index contributed by atoms with van der Waals surface area (Å²) in [6.45, 7) is 1.21. The molecule has 78 valence electrons. The molecule has 1 fully saturated rings. The van der Waals surface area contributed by atoms with E-state index in [4.69, 9.17) is 10.8 Å². The fourth-order valence-electron chi connectivity index (χ4n) is 1.58. The second-order valence-electron chi connectivity index (χ2n) is 3.54. The first-order valence-electron chi connectivity index (χ1n) is 4.61. The van der Waals surface area contributed by atoms with Crippen molar-refractivity contribution in [3.63, 3.8) is 0 Å². The number of hydrogen-bond acceptors (Lipinski definition) is 5.